The zero-order valence-electron chi connectivity index (χ0n) is 13.1. The molecule has 0 unspecified atom stereocenters. The number of nitrogens with zero attached hydrogens (tertiary/aromatic N) is 1. The summed E-state index contributed by atoms with van der Waals surface area (Å²) in [5.41, 5.74) is 9.78. The monoisotopic (exact) mass is 337 g/mol. The first kappa shape index (κ1) is 16.0. The fraction of sp³-hybridized carbons (Fsp3) is 0.0526. The number of carbonyl (C=O) groups excluding carboxylic acids is 1. The summed E-state index contributed by atoms with van der Waals surface area (Å²) < 4.78 is 0. The zero-order chi connectivity index (χ0) is 17.1. The van der Waals surface area contributed by atoms with Gasteiger partial charge in [-0.3, -0.25) is 9.78 Å². The molecule has 24 heavy (non-hydrogen) atoms. The number of hydrogen-bond acceptors (Lipinski definition) is 3. The third-order valence-electron chi connectivity index (χ3n) is 3.56. The Bertz CT molecular complexity index is 950. The molecule has 5 heteroatoms. The molecular weight excluding hydrogens is 322 g/mol. The van der Waals surface area contributed by atoms with Gasteiger partial charge in [0, 0.05) is 33.6 Å². The Balaban J connectivity index is 1.79. The third-order valence-corrected chi connectivity index (χ3v) is 3.90. The molecule has 0 spiro atoms. The van der Waals surface area contributed by atoms with Crippen molar-refractivity contribution in [1.82, 2.24) is 4.98 Å². The molecule has 4 nitrogen and oxygen atoms in total. The number of anilines is 2. The molecule has 0 aliphatic carbocycles. The van der Waals surface area contributed by atoms with Crippen LogP contribution in [0.4, 0.5) is 11.4 Å². The Kier molecular flexibility index (Phi) is 4.49. The van der Waals surface area contributed by atoms with Crippen LogP contribution in [0.2, 0.25) is 5.02 Å². The lowest BCUT2D eigenvalue weighted by atomic mass is 10.1. The SMILES string of the molecule is Cc1cc(N)c2cc(NC(=O)/C=C\c3ccccc3Cl)ccc2n1. The van der Waals surface area contributed by atoms with Gasteiger partial charge in [-0.05, 0) is 48.9 Å². The predicted octanol–water partition coefficient (Wildman–Crippen LogP) is 4.43. The number of benzene rings is 2. The van der Waals surface area contributed by atoms with Crippen molar-refractivity contribution in [3.63, 3.8) is 0 Å². The second-order valence-electron chi connectivity index (χ2n) is 5.43. The van der Waals surface area contributed by atoms with E-state index in [0.717, 1.165) is 22.2 Å². The van der Waals surface area contributed by atoms with Gasteiger partial charge in [0.2, 0.25) is 5.91 Å². The quantitative estimate of drug-likeness (QED) is 0.695. The maximum Gasteiger partial charge on any atom is 0.248 e. The fourth-order valence-electron chi connectivity index (χ4n) is 2.43. The van der Waals surface area contributed by atoms with Crippen molar-refractivity contribution < 1.29 is 4.79 Å². The molecule has 0 saturated heterocycles. The topological polar surface area (TPSA) is 68.0 Å². The molecule has 0 radical (unpaired) electrons. The highest BCUT2D eigenvalue weighted by Gasteiger charge is 2.04. The fourth-order valence-corrected chi connectivity index (χ4v) is 2.63. The molecule has 1 amide bonds. The summed E-state index contributed by atoms with van der Waals surface area (Å²) in [6.45, 7) is 1.89. The molecule has 0 aliphatic rings. The largest absolute Gasteiger partial charge is 0.398 e. The van der Waals surface area contributed by atoms with E-state index >= 15 is 0 Å². The van der Waals surface area contributed by atoms with Crippen molar-refractivity contribution in [1.29, 1.82) is 0 Å². The number of pyridine rings is 1. The molecule has 0 bridgehead atoms. The Hall–Kier alpha value is -2.85. The van der Waals surface area contributed by atoms with E-state index in [2.05, 4.69) is 10.3 Å². The lowest BCUT2D eigenvalue weighted by molar-refractivity contribution is -0.111. The molecule has 0 atom stereocenters. The number of fused-ring (bicyclic) bond motifs is 1. The Labute approximate surface area is 145 Å². The number of aromatic nitrogens is 1. The Morgan fingerprint density at radius 2 is 2.00 bits per heavy atom. The molecule has 120 valence electrons. The van der Waals surface area contributed by atoms with Crippen LogP contribution < -0.4 is 11.1 Å². The molecule has 3 N–H and O–H groups in total. The number of aryl methyl sites for hydroxylation is 1. The average molecular weight is 338 g/mol. The highest BCUT2D eigenvalue weighted by atomic mass is 35.5. The minimum Gasteiger partial charge on any atom is -0.398 e. The molecule has 2 aromatic carbocycles. The van der Waals surface area contributed by atoms with Crippen LogP contribution in [0.15, 0.2) is 54.6 Å². The molecule has 3 rings (SSSR count). The molecule has 1 heterocycles. The van der Waals surface area contributed by atoms with Crippen LogP contribution in [-0.2, 0) is 4.79 Å². The normalized spacial score (nSPS) is 11.1. The van der Waals surface area contributed by atoms with Crippen molar-refractivity contribution in [2.24, 2.45) is 0 Å². The molecule has 1 aromatic heterocycles. The van der Waals surface area contributed by atoms with E-state index in [0.29, 0.717) is 16.4 Å². The highest BCUT2D eigenvalue weighted by molar-refractivity contribution is 6.32. The summed E-state index contributed by atoms with van der Waals surface area (Å²) in [6.07, 6.45) is 3.13. The van der Waals surface area contributed by atoms with Crippen molar-refractivity contribution in [2.75, 3.05) is 11.1 Å². The summed E-state index contributed by atoms with van der Waals surface area (Å²) in [5.74, 6) is -0.243. The number of hydrogen-bond donors (Lipinski definition) is 2. The van der Waals surface area contributed by atoms with E-state index in [-0.39, 0.29) is 5.91 Å². The number of nitrogen functional groups attached to an aromatic ring is 1. The molecule has 0 aliphatic heterocycles. The van der Waals surface area contributed by atoms with Crippen LogP contribution in [-0.4, -0.2) is 10.9 Å². The van der Waals surface area contributed by atoms with Crippen LogP contribution in [0.25, 0.3) is 17.0 Å². The van der Waals surface area contributed by atoms with Gasteiger partial charge in [0.05, 0.1) is 5.52 Å². The molecule has 3 aromatic rings. The van der Waals surface area contributed by atoms with E-state index < -0.39 is 0 Å². The standard InChI is InChI=1S/C19H16ClN3O/c1-12-10-17(21)15-11-14(7-8-18(15)22-12)23-19(24)9-6-13-4-2-3-5-16(13)20/h2-11H,1H3,(H2,21,22)(H,23,24)/b9-6-. The van der Waals surface area contributed by atoms with Crippen LogP contribution in [0.3, 0.4) is 0 Å². The van der Waals surface area contributed by atoms with Gasteiger partial charge in [-0.1, -0.05) is 29.8 Å². The van der Waals surface area contributed by atoms with Gasteiger partial charge in [0.15, 0.2) is 0 Å². The van der Waals surface area contributed by atoms with E-state index in [1.54, 1.807) is 18.2 Å². The smallest absolute Gasteiger partial charge is 0.248 e. The minimum absolute atomic E-state index is 0.243. The summed E-state index contributed by atoms with van der Waals surface area (Å²) in [4.78, 5) is 16.5. The first-order chi connectivity index (χ1) is 11.5. The number of rotatable bonds is 3. The lowest BCUT2D eigenvalue weighted by Crippen LogP contribution is -2.07. The Morgan fingerprint density at radius 3 is 2.79 bits per heavy atom. The van der Waals surface area contributed by atoms with E-state index in [1.807, 2.05) is 43.3 Å². The first-order valence-electron chi connectivity index (χ1n) is 7.43. The number of halogens is 1. The maximum atomic E-state index is 12.1. The number of amides is 1. The van der Waals surface area contributed by atoms with Gasteiger partial charge in [-0.2, -0.15) is 0 Å². The van der Waals surface area contributed by atoms with Crippen molar-refractivity contribution >= 4 is 45.9 Å². The molecule has 0 saturated carbocycles. The summed E-state index contributed by atoms with van der Waals surface area (Å²) >= 11 is 6.06. The first-order valence-corrected chi connectivity index (χ1v) is 7.81. The zero-order valence-corrected chi connectivity index (χ0v) is 13.8. The molecule has 0 fully saturated rings. The van der Waals surface area contributed by atoms with Gasteiger partial charge >= 0.3 is 0 Å². The summed E-state index contributed by atoms with van der Waals surface area (Å²) in [6, 6.07) is 14.6. The number of carbonyl (C=O) groups is 1. The summed E-state index contributed by atoms with van der Waals surface area (Å²) in [7, 11) is 0. The van der Waals surface area contributed by atoms with Crippen molar-refractivity contribution in [3.8, 4) is 0 Å². The lowest BCUT2D eigenvalue weighted by Gasteiger charge is -2.07. The van der Waals surface area contributed by atoms with E-state index in [1.165, 1.54) is 6.08 Å². The Morgan fingerprint density at radius 1 is 1.21 bits per heavy atom. The highest BCUT2D eigenvalue weighted by Crippen LogP contribution is 2.24. The average Bonchev–Trinajstić information content (AvgIpc) is 2.54. The number of nitrogens with one attached hydrogen (secondary N) is 1. The number of nitrogens with two attached hydrogens (primary N) is 1. The third kappa shape index (κ3) is 3.55. The van der Waals surface area contributed by atoms with Crippen LogP contribution >= 0.6 is 11.6 Å². The minimum atomic E-state index is -0.243. The van der Waals surface area contributed by atoms with Gasteiger partial charge in [-0.15, -0.1) is 0 Å². The van der Waals surface area contributed by atoms with Crippen molar-refractivity contribution in [3.05, 3.63) is 70.9 Å². The van der Waals surface area contributed by atoms with Gasteiger partial charge < -0.3 is 11.1 Å². The van der Waals surface area contributed by atoms with E-state index in [9.17, 15) is 4.79 Å². The second-order valence-corrected chi connectivity index (χ2v) is 5.84. The van der Waals surface area contributed by atoms with E-state index in [4.69, 9.17) is 17.3 Å². The predicted molar refractivity (Wildman–Crippen MR) is 100 cm³/mol. The van der Waals surface area contributed by atoms with Gasteiger partial charge in [-0.25, -0.2) is 0 Å². The van der Waals surface area contributed by atoms with Gasteiger partial charge in [0.25, 0.3) is 0 Å². The van der Waals surface area contributed by atoms with Crippen LogP contribution in [0, 0.1) is 6.92 Å². The summed E-state index contributed by atoms with van der Waals surface area (Å²) in [5, 5.41) is 4.23. The maximum absolute atomic E-state index is 12.1. The van der Waals surface area contributed by atoms with Crippen LogP contribution in [0.1, 0.15) is 11.3 Å². The molecular formula is C19H16ClN3O. The van der Waals surface area contributed by atoms with Crippen molar-refractivity contribution in [2.45, 2.75) is 6.92 Å². The van der Waals surface area contributed by atoms with Crippen LogP contribution in [0.5, 0.6) is 0 Å². The van der Waals surface area contributed by atoms with Gasteiger partial charge in [0.1, 0.15) is 0 Å². The second kappa shape index (κ2) is 6.72.